The van der Waals surface area contributed by atoms with Gasteiger partial charge in [0.05, 0.1) is 11.6 Å². The summed E-state index contributed by atoms with van der Waals surface area (Å²) in [6.07, 6.45) is 4.96. The van der Waals surface area contributed by atoms with E-state index < -0.39 is 0 Å². The molecule has 0 aliphatic carbocycles. The molecule has 25 heavy (non-hydrogen) atoms. The highest BCUT2D eigenvalue weighted by Gasteiger charge is 2.09. The summed E-state index contributed by atoms with van der Waals surface area (Å²) in [6.45, 7) is 5.80. The van der Waals surface area contributed by atoms with Crippen molar-refractivity contribution in [2.24, 2.45) is 4.99 Å². The number of para-hydroxylation sites is 1. The molecule has 1 heterocycles. The summed E-state index contributed by atoms with van der Waals surface area (Å²) in [7, 11) is 1.78. The third-order valence-electron chi connectivity index (χ3n) is 3.80. The first-order chi connectivity index (χ1) is 12.2. The smallest absolute Gasteiger partial charge is 0.191 e. The molecule has 0 bridgehead atoms. The van der Waals surface area contributed by atoms with E-state index in [0.29, 0.717) is 6.54 Å². The van der Waals surface area contributed by atoms with Crippen LogP contribution in [0.15, 0.2) is 41.5 Å². The molecule has 0 aliphatic rings. The first kappa shape index (κ1) is 19.2. The lowest BCUT2D eigenvalue weighted by molar-refractivity contribution is 0.199. The Morgan fingerprint density at radius 1 is 1.24 bits per heavy atom. The molecule has 2 rings (SSSR count). The van der Waals surface area contributed by atoms with Crippen molar-refractivity contribution in [3.63, 3.8) is 0 Å². The molecule has 0 aliphatic heterocycles. The van der Waals surface area contributed by atoms with Gasteiger partial charge >= 0.3 is 0 Å². The summed E-state index contributed by atoms with van der Waals surface area (Å²) in [4.78, 5) is 10.1. The topological polar surface area (TPSA) is 58.5 Å². The Morgan fingerprint density at radius 3 is 2.68 bits per heavy atom. The summed E-state index contributed by atoms with van der Waals surface area (Å²) < 4.78 is 5.99. The van der Waals surface area contributed by atoms with Crippen LogP contribution in [0.4, 0.5) is 0 Å². The highest BCUT2D eigenvalue weighted by Crippen LogP contribution is 2.13. The summed E-state index contributed by atoms with van der Waals surface area (Å²) in [5, 5.41) is 7.84. The maximum atomic E-state index is 5.99. The summed E-state index contributed by atoms with van der Waals surface area (Å²) in [5.41, 5.74) is 0. The van der Waals surface area contributed by atoms with Crippen molar-refractivity contribution in [3.05, 3.63) is 46.4 Å². The molecule has 2 N–H and O–H groups in total. The Bertz CT molecular complexity index is 642. The van der Waals surface area contributed by atoms with Crippen LogP contribution in [-0.4, -0.2) is 37.2 Å². The molecular weight excluding hydrogens is 332 g/mol. The van der Waals surface area contributed by atoms with E-state index in [1.165, 1.54) is 9.88 Å². The number of nitrogens with zero attached hydrogens (tertiary/aromatic N) is 2. The third kappa shape index (κ3) is 6.74. The minimum Gasteiger partial charge on any atom is -0.489 e. The van der Waals surface area contributed by atoms with E-state index in [1.807, 2.05) is 36.5 Å². The van der Waals surface area contributed by atoms with Crippen molar-refractivity contribution in [2.75, 3.05) is 20.1 Å². The Labute approximate surface area is 154 Å². The minimum atomic E-state index is 0.104. The van der Waals surface area contributed by atoms with Crippen molar-refractivity contribution in [1.82, 2.24) is 15.6 Å². The number of aryl methyl sites for hydroxylation is 1. The lowest BCUT2D eigenvalue weighted by Crippen LogP contribution is -2.43. The van der Waals surface area contributed by atoms with Crippen molar-refractivity contribution >= 4 is 17.3 Å². The standard InChI is InChI=1S/C19H28N4OS/c1-4-15(24-16-9-7-6-8-10-16)13-23-19(20-3)21-12-11-18-22-14-17(5-2)25-18/h6-10,14-15H,4-5,11-13H2,1-3H3,(H2,20,21,23). The predicted octanol–water partition coefficient (Wildman–Crippen LogP) is 3.27. The largest absolute Gasteiger partial charge is 0.489 e. The van der Waals surface area contributed by atoms with Crippen LogP contribution < -0.4 is 15.4 Å². The Morgan fingerprint density at radius 2 is 2.04 bits per heavy atom. The van der Waals surface area contributed by atoms with E-state index >= 15 is 0 Å². The Kier molecular flexibility index (Phi) is 8.25. The molecule has 6 heteroatoms. The van der Waals surface area contributed by atoms with Crippen LogP contribution in [0.1, 0.15) is 30.2 Å². The minimum absolute atomic E-state index is 0.104. The van der Waals surface area contributed by atoms with Crippen LogP contribution in [0.3, 0.4) is 0 Å². The Hall–Kier alpha value is -2.08. The molecule has 136 valence electrons. The van der Waals surface area contributed by atoms with Crippen LogP contribution in [0.5, 0.6) is 5.75 Å². The lowest BCUT2D eigenvalue weighted by atomic mass is 10.2. The average molecular weight is 361 g/mol. The number of aliphatic imine (C=N–C) groups is 1. The quantitative estimate of drug-likeness (QED) is 0.532. The second-order valence-corrected chi connectivity index (χ2v) is 6.86. The number of nitrogens with one attached hydrogen (secondary N) is 2. The fraction of sp³-hybridized carbons (Fsp3) is 0.474. The lowest BCUT2D eigenvalue weighted by Gasteiger charge is -2.19. The van der Waals surface area contributed by atoms with Crippen LogP contribution in [0.25, 0.3) is 0 Å². The van der Waals surface area contributed by atoms with Crippen LogP contribution in [0.2, 0.25) is 0 Å². The second kappa shape index (κ2) is 10.7. The molecule has 2 aromatic rings. The van der Waals surface area contributed by atoms with E-state index in [4.69, 9.17) is 4.74 Å². The number of hydrogen-bond donors (Lipinski definition) is 2. The molecule has 0 saturated carbocycles. The number of aromatic nitrogens is 1. The molecule has 0 amide bonds. The zero-order chi connectivity index (χ0) is 17.9. The van der Waals surface area contributed by atoms with Crippen molar-refractivity contribution in [2.45, 2.75) is 39.2 Å². The predicted molar refractivity (Wildman–Crippen MR) is 106 cm³/mol. The van der Waals surface area contributed by atoms with Gasteiger partial charge in [0.15, 0.2) is 5.96 Å². The molecule has 1 aromatic carbocycles. The summed E-state index contributed by atoms with van der Waals surface area (Å²) in [6, 6.07) is 9.92. The van der Waals surface area contributed by atoms with E-state index in [0.717, 1.165) is 37.5 Å². The van der Waals surface area contributed by atoms with Gasteiger partial charge in [-0.3, -0.25) is 4.99 Å². The first-order valence-electron chi connectivity index (χ1n) is 8.84. The van der Waals surface area contributed by atoms with Crippen LogP contribution in [0, 0.1) is 0 Å². The number of hydrogen-bond acceptors (Lipinski definition) is 4. The van der Waals surface area contributed by atoms with Gasteiger partial charge in [-0.1, -0.05) is 32.0 Å². The fourth-order valence-electron chi connectivity index (χ4n) is 2.31. The molecule has 0 saturated heterocycles. The van der Waals surface area contributed by atoms with Crippen molar-refractivity contribution < 1.29 is 4.74 Å². The van der Waals surface area contributed by atoms with Crippen LogP contribution in [-0.2, 0) is 12.8 Å². The average Bonchev–Trinajstić information content (AvgIpc) is 3.12. The van der Waals surface area contributed by atoms with Gasteiger partial charge in [0, 0.05) is 31.1 Å². The molecule has 5 nitrogen and oxygen atoms in total. The number of thiazole rings is 1. The molecular formula is C19H28N4OS. The van der Waals surface area contributed by atoms with E-state index in [-0.39, 0.29) is 6.10 Å². The van der Waals surface area contributed by atoms with Gasteiger partial charge in [-0.2, -0.15) is 0 Å². The maximum absolute atomic E-state index is 5.99. The second-order valence-electron chi connectivity index (χ2n) is 5.66. The normalized spacial score (nSPS) is 12.7. The zero-order valence-corrected chi connectivity index (χ0v) is 16.1. The van der Waals surface area contributed by atoms with Gasteiger partial charge in [0.25, 0.3) is 0 Å². The number of rotatable bonds is 9. The van der Waals surface area contributed by atoms with E-state index in [2.05, 4.69) is 34.5 Å². The van der Waals surface area contributed by atoms with Crippen molar-refractivity contribution in [1.29, 1.82) is 0 Å². The molecule has 1 unspecified atom stereocenters. The molecule has 0 fully saturated rings. The van der Waals surface area contributed by atoms with Crippen LogP contribution >= 0.6 is 11.3 Å². The molecule has 1 aromatic heterocycles. The monoisotopic (exact) mass is 360 g/mol. The zero-order valence-electron chi connectivity index (χ0n) is 15.3. The number of ether oxygens (including phenoxy) is 1. The summed E-state index contributed by atoms with van der Waals surface area (Å²) >= 11 is 1.78. The third-order valence-corrected chi connectivity index (χ3v) is 5.00. The van der Waals surface area contributed by atoms with Gasteiger partial charge in [-0.05, 0) is 25.0 Å². The summed E-state index contributed by atoms with van der Waals surface area (Å²) in [5.74, 6) is 1.69. The van der Waals surface area contributed by atoms with Crippen molar-refractivity contribution in [3.8, 4) is 5.75 Å². The number of benzene rings is 1. The molecule has 1 atom stereocenters. The Balaban J connectivity index is 1.73. The van der Waals surface area contributed by atoms with Gasteiger partial charge in [-0.15, -0.1) is 11.3 Å². The first-order valence-corrected chi connectivity index (χ1v) is 9.66. The SMILES string of the molecule is CCc1cnc(CCNC(=NC)NCC(CC)Oc2ccccc2)s1. The highest BCUT2D eigenvalue weighted by atomic mass is 32.1. The van der Waals surface area contributed by atoms with Gasteiger partial charge in [0.2, 0.25) is 0 Å². The molecule has 0 spiro atoms. The maximum Gasteiger partial charge on any atom is 0.191 e. The van der Waals surface area contributed by atoms with Gasteiger partial charge < -0.3 is 15.4 Å². The molecule has 0 radical (unpaired) electrons. The van der Waals surface area contributed by atoms with Gasteiger partial charge in [-0.25, -0.2) is 4.98 Å². The fourth-order valence-corrected chi connectivity index (χ4v) is 3.17. The van der Waals surface area contributed by atoms with Gasteiger partial charge in [0.1, 0.15) is 11.9 Å². The number of guanidine groups is 1. The highest BCUT2D eigenvalue weighted by molar-refractivity contribution is 7.11. The van der Waals surface area contributed by atoms with E-state index in [9.17, 15) is 0 Å². The van der Waals surface area contributed by atoms with E-state index in [1.54, 1.807) is 18.4 Å².